The van der Waals surface area contributed by atoms with E-state index in [1.807, 2.05) is 6.20 Å². The van der Waals surface area contributed by atoms with Gasteiger partial charge in [-0.05, 0) is 50.9 Å². The van der Waals surface area contributed by atoms with Gasteiger partial charge in [-0.15, -0.1) is 0 Å². The SMILES string of the molecule is Cc1ccc2c(C(=O)C3CCNCC3)c[nH]c2c1C. The van der Waals surface area contributed by atoms with Crippen LogP contribution in [-0.4, -0.2) is 23.9 Å². The summed E-state index contributed by atoms with van der Waals surface area (Å²) in [6.45, 7) is 6.12. The van der Waals surface area contributed by atoms with Gasteiger partial charge >= 0.3 is 0 Å². The van der Waals surface area contributed by atoms with Crippen molar-refractivity contribution in [2.75, 3.05) is 13.1 Å². The second-order valence-corrected chi connectivity index (χ2v) is 5.52. The van der Waals surface area contributed by atoms with Crippen molar-refractivity contribution in [3.05, 3.63) is 35.0 Å². The Balaban J connectivity index is 2.01. The van der Waals surface area contributed by atoms with Crippen molar-refractivity contribution < 1.29 is 4.79 Å². The molecule has 3 rings (SSSR count). The lowest BCUT2D eigenvalue weighted by Crippen LogP contribution is -2.31. The third-order valence-electron chi connectivity index (χ3n) is 4.36. The first-order valence-corrected chi connectivity index (χ1v) is 7.00. The molecule has 3 heteroatoms. The monoisotopic (exact) mass is 256 g/mol. The van der Waals surface area contributed by atoms with Gasteiger partial charge in [0.15, 0.2) is 5.78 Å². The fraction of sp³-hybridized carbons (Fsp3) is 0.438. The predicted octanol–water partition coefficient (Wildman–Crippen LogP) is 2.97. The molecule has 0 amide bonds. The molecule has 1 aliphatic heterocycles. The van der Waals surface area contributed by atoms with Crippen LogP contribution in [0.15, 0.2) is 18.3 Å². The summed E-state index contributed by atoms with van der Waals surface area (Å²) in [4.78, 5) is 15.9. The lowest BCUT2D eigenvalue weighted by Gasteiger charge is -2.21. The molecule has 1 aromatic carbocycles. The normalized spacial score (nSPS) is 16.9. The van der Waals surface area contributed by atoms with E-state index in [0.29, 0.717) is 5.78 Å². The number of hydrogen-bond acceptors (Lipinski definition) is 2. The molecule has 1 aromatic heterocycles. The highest BCUT2D eigenvalue weighted by atomic mass is 16.1. The first kappa shape index (κ1) is 12.4. The molecule has 0 unspecified atom stereocenters. The molecule has 2 heterocycles. The second kappa shape index (κ2) is 4.82. The number of carbonyl (C=O) groups is 1. The lowest BCUT2D eigenvalue weighted by molar-refractivity contribution is 0.0897. The van der Waals surface area contributed by atoms with Gasteiger partial charge in [-0.1, -0.05) is 12.1 Å². The van der Waals surface area contributed by atoms with E-state index in [9.17, 15) is 4.79 Å². The van der Waals surface area contributed by atoms with Crippen LogP contribution in [0.3, 0.4) is 0 Å². The fourth-order valence-electron chi connectivity index (χ4n) is 2.96. The molecule has 19 heavy (non-hydrogen) atoms. The van der Waals surface area contributed by atoms with Crippen LogP contribution in [0, 0.1) is 19.8 Å². The number of rotatable bonds is 2. The first-order valence-electron chi connectivity index (χ1n) is 7.00. The topological polar surface area (TPSA) is 44.9 Å². The van der Waals surface area contributed by atoms with E-state index in [1.165, 1.54) is 11.1 Å². The van der Waals surface area contributed by atoms with Crippen molar-refractivity contribution in [2.45, 2.75) is 26.7 Å². The number of fused-ring (bicyclic) bond motifs is 1. The van der Waals surface area contributed by atoms with Crippen LogP contribution in [0.2, 0.25) is 0 Å². The van der Waals surface area contributed by atoms with Crippen molar-refractivity contribution in [3.63, 3.8) is 0 Å². The number of nitrogens with one attached hydrogen (secondary N) is 2. The first-order chi connectivity index (χ1) is 9.18. The number of H-pyrrole nitrogens is 1. The zero-order valence-electron chi connectivity index (χ0n) is 11.5. The quantitative estimate of drug-likeness (QED) is 0.811. The van der Waals surface area contributed by atoms with Crippen molar-refractivity contribution in [1.29, 1.82) is 0 Å². The number of piperidine rings is 1. The zero-order valence-corrected chi connectivity index (χ0v) is 11.5. The summed E-state index contributed by atoms with van der Waals surface area (Å²) in [5.74, 6) is 0.484. The van der Waals surface area contributed by atoms with E-state index < -0.39 is 0 Å². The molecule has 100 valence electrons. The highest BCUT2D eigenvalue weighted by molar-refractivity contribution is 6.09. The van der Waals surface area contributed by atoms with E-state index >= 15 is 0 Å². The van der Waals surface area contributed by atoms with Crippen LogP contribution < -0.4 is 5.32 Å². The largest absolute Gasteiger partial charge is 0.360 e. The standard InChI is InChI=1S/C16H20N2O/c1-10-3-4-13-14(9-18-15(13)11(10)2)16(19)12-5-7-17-8-6-12/h3-4,9,12,17-18H,5-8H2,1-2H3. The summed E-state index contributed by atoms with van der Waals surface area (Å²) < 4.78 is 0. The molecule has 0 bridgehead atoms. The van der Waals surface area contributed by atoms with Crippen LogP contribution in [0.4, 0.5) is 0 Å². The average Bonchev–Trinajstić information content (AvgIpc) is 2.87. The van der Waals surface area contributed by atoms with Crippen molar-refractivity contribution in [2.24, 2.45) is 5.92 Å². The molecule has 0 spiro atoms. The predicted molar refractivity (Wildman–Crippen MR) is 77.7 cm³/mol. The Morgan fingerprint density at radius 3 is 2.68 bits per heavy atom. The summed E-state index contributed by atoms with van der Waals surface area (Å²) in [6, 6.07) is 4.17. The van der Waals surface area contributed by atoms with E-state index in [4.69, 9.17) is 0 Å². The summed E-state index contributed by atoms with van der Waals surface area (Å²) in [5.41, 5.74) is 4.47. The lowest BCUT2D eigenvalue weighted by atomic mass is 9.89. The molecule has 3 nitrogen and oxygen atoms in total. The number of aromatic nitrogens is 1. The van der Waals surface area contributed by atoms with E-state index in [-0.39, 0.29) is 5.92 Å². The molecule has 1 aliphatic rings. The Kier molecular flexibility index (Phi) is 3.15. The minimum atomic E-state index is 0.182. The maximum Gasteiger partial charge on any atom is 0.168 e. The van der Waals surface area contributed by atoms with Gasteiger partial charge in [-0.2, -0.15) is 0 Å². The molecule has 0 saturated carbocycles. The van der Waals surface area contributed by atoms with Gasteiger partial charge in [-0.25, -0.2) is 0 Å². The van der Waals surface area contributed by atoms with E-state index in [1.54, 1.807) is 0 Å². The molecule has 1 fully saturated rings. The summed E-state index contributed by atoms with van der Waals surface area (Å²) in [6.07, 6.45) is 3.80. The number of aromatic amines is 1. The minimum Gasteiger partial charge on any atom is -0.360 e. The van der Waals surface area contributed by atoms with Gasteiger partial charge in [-0.3, -0.25) is 4.79 Å². The van der Waals surface area contributed by atoms with Gasteiger partial charge in [0.1, 0.15) is 0 Å². The number of Topliss-reactive ketones (excluding diaryl/α,β-unsaturated/α-hetero) is 1. The van der Waals surface area contributed by atoms with Crippen LogP contribution in [-0.2, 0) is 0 Å². The molecule has 0 aliphatic carbocycles. The molecule has 2 aromatic rings. The molecule has 0 atom stereocenters. The second-order valence-electron chi connectivity index (χ2n) is 5.52. The number of hydrogen-bond donors (Lipinski definition) is 2. The highest BCUT2D eigenvalue weighted by Crippen LogP contribution is 2.27. The number of ketones is 1. The van der Waals surface area contributed by atoms with Crippen molar-refractivity contribution in [3.8, 4) is 0 Å². The van der Waals surface area contributed by atoms with Crippen LogP contribution in [0.1, 0.15) is 34.3 Å². The molecular weight excluding hydrogens is 236 g/mol. The Morgan fingerprint density at radius 2 is 1.95 bits per heavy atom. The van der Waals surface area contributed by atoms with Gasteiger partial charge in [0.2, 0.25) is 0 Å². The summed E-state index contributed by atoms with van der Waals surface area (Å²) in [5, 5.41) is 4.38. The summed E-state index contributed by atoms with van der Waals surface area (Å²) in [7, 11) is 0. The minimum absolute atomic E-state index is 0.182. The molecule has 0 radical (unpaired) electrons. The molecular formula is C16H20N2O. The Morgan fingerprint density at radius 1 is 1.21 bits per heavy atom. The summed E-state index contributed by atoms with van der Waals surface area (Å²) >= 11 is 0. The van der Waals surface area contributed by atoms with Gasteiger partial charge in [0.25, 0.3) is 0 Å². The third-order valence-corrected chi connectivity index (χ3v) is 4.36. The Bertz CT molecular complexity index is 621. The maximum absolute atomic E-state index is 12.6. The maximum atomic E-state index is 12.6. The number of aryl methyl sites for hydroxylation is 2. The average molecular weight is 256 g/mol. The van der Waals surface area contributed by atoms with E-state index in [2.05, 4.69) is 36.3 Å². The Labute approximate surface area is 113 Å². The number of benzene rings is 1. The molecule has 1 saturated heterocycles. The number of carbonyl (C=O) groups excluding carboxylic acids is 1. The van der Waals surface area contributed by atoms with E-state index in [0.717, 1.165) is 42.4 Å². The smallest absolute Gasteiger partial charge is 0.168 e. The fourth-order valence-corrected chi connectivity index (χ4v) is 2.96. The Hall–Kier alpha value is -1.61. The van der Waals surface area contributed by atoms with Gasteiger partial charge in [0, 0.05) is 28.6 Å². The van der Waals surface area contributed by atoms with Crippen molar-refractivity contribution in [1.82, 2.24) is 10.3 Å². The third kappa shape index (κ3) is 2.08. The highest BCUT2D eigenvalue weighted by Gasteiger charge is 2.24. The van der Waals surface area contributed by atoms with Gasteiger partial charge < -0.3 is 10.3 Å². The van der Waals surface area contributed by atoms with Crippen LogP contribution in [0.5, 0.6) is 0 Å². The van der Waals surface area contributed by atoms with Gasteiger partial charge in [0.05, 0.1) is 0 Å². The van der Waals surface area contributed by atoms with Crippen LogP contribution in [0.25, 0.3) is 10.9 Å². The van der Waals surface area contributed by atoms with Crippen LogP contribution >= 0.6 is 0 Å². The molecule has 2 N–H and O–H groups in total. The zero-order chi connectivity index (χ0) is 13.4. The van der Waals surface area contributed by atoms with Crippen molar-refractivity contribution >= 4 is 16.7 Å².